The highest BCUT2D eigenvalue weighted by Gasteiger charge is 2.34. The van der Waals surface area contributed by atoms with Crippen molar-refractivity contribution in [1.29, 1.82) is 0 Å². The molecule has 0 aromatic rings. The second kappa shape index (κ2) is 5.68. The number of nitrogens with zero attached hydrogens (tertiary/aromatic N) is 1. The lowest BCUT2D eigenvalue weighted by molar-refractivity contribution is -0.0362. The topological polar surface area (TPSA) is 24.5 Å². The zero-order chi connectivity index (χ0) is 13.1. The SMILES string of the molecule is CCC1(C)CNC(C)CN1CCOC(C)(C)C. The zero-order valence-corrected chi connectivity index (χ0v) is 12.5. The van der Waals surface area contributed by atoms with E-state index in [0.717, 1.165) is 26.2 Å². The van der Waals surface area contributed by atoms with Gasteiger partial charge in [-0.3, -0.25) is 4.90 Å². The fourth-order valence-electron chi connectivity index (χ4n) is 2.29. The van der Waals surface area contributed by atoms with Crippen molar-refractivity contribution < 1.29 is 4.74 Å². The molecule has 1 saturated heterocycles. The van der Waals surface area contributed by atoms with E-state index in [1.54, 1.807) is 0 Å². The standard InChI is InChI=1S/C14H30N2O/c1-7-14(6)11-15-12(2)10-16(14)8-9-17-13(3,4)5/h12,15H,7-11H2,1-6H3. The van der Waals surface area contributed by atoms with E-state index in [4.69, 9.17) is 4.74 Å². The second-order valence-corrected chi connectivity index (χ2v) is 6.54. The monoisotopic (exact) mass is 242 g/mol. The van der Waals surface area contributed by atoms with E-state index in [0.29, 0.717) is 6.04 Å². The van der Waals surface area contributed by atoms with Crippen LogP contribution in [0.5, 0.6) is 0 Å². The van der Waals surface area contributed by atoms with Gasteiger partial charge in [0.05, 0.1) is 12.2 Å². The summed E-state index contributed by atoms with van der Waals surface area (Å²) in [6, 6.07) is 0.587. The van der Waals surface area contributed by atoms with Crippen LogP contribution in [-0.2, 0) is 4.74 Å². The number of piperazine rings is 1. The third kappa shape index (κ3) is 4.57. The number of ether oxygens (including phenoxy) is 1. The molecule has 0 spiro atoms. The minimum atomic E-state index is -0.0255. The molecule has 0 aliphatic carbocycles. The Morgan fingerprint density at radius 3 is 2.59 bits per heavy atom. The second-order valence-electron chi connectivity index (χ2n) is 6.54. The fraction of sp³-hybridized carbons (Fsp3) is 1.00. The van der Waals surface area contributed by atoms with Crippen LogP contribution in [0.3, 0.4) is 0 Å². The van der Waals surface area contributed by atoms with E-state index in [1.165, 1.54) is 6.42 Å². The lowest BCUT2D eigenvalue weighted by atomic mass is 9.92. The lowest BCUT2D eigenvalue weighted by Crippen LogP contribution is -2.63. The van der Waals surface area contributed by atoms with Crippen LogP contribution in [0.1, 0.15) is 48.0 Å². The predicted molar refractivity (Wildman–Crippen MR) is 73.4 cm³/mol. The summed E-state index contributed by atoms with van der Waals surface area (Å²) < 4.78 is 5.84. The molecule has 0 saturated carbocycles. The molecule has 1 aliphatic rings. The van der Waals surface area contributed by atoms with Gasteiger partial charge in [0.2, 0.25) is 0 Å². The quantitative estimate of drug-likeness (QED) is 0.818. The van der Waals surface area contributed by atoms with Crippen molar-refractivity contribution in [1.82, 2.24) is 10.2 Å². The summed E-state index contributed by atoms with van der Waals surface area (Å²) in [7, 11) is 0. The number of hydrogen-bond acceptors (Lipinski definition) is 3. The van der Waals surface area contributed by atoms with E-state index in [-0.39, 0.29) is 11.1 Å². The summed E-state index contributed by atoms with van der Waals surface area (Å²) in [5, 5.41) is 3.58. The summed E-state index contributed by atoms with van der Waals surface area (Å²) in [5.41, 5.74) is 0.260. The first-order chi connectivity index (χ1) is 7.77. The van der Waals surface area contributed by atoms with E-state index in [1.807, 2.05) is 0 Å². The van der Waals surface area contributed by atoms with Crippen molar-refractivity contribution in [2.45, 2.75) is 65.1 Å². The van der Waals surface area contributed by atoms with Crippen LogP contribution in [0.15, 0.2) is 0 Å². The Labute approximate surface area is 107 Å². The highest BCUT2D eigenvalue weighted by Crippen LogP contribution is 2.22. The molecule has 3 nitrogen and oxygen atoms in total. The molecular formula is C14H30N2O. The number of rotatable bonds is 4. The molecule has 2 unspecified atom stereocenters. The van der Waals surface area contributed by atoms with Gasteiger partial charge in [0.1, 0.15) is 0 Å². The Morgan fingerprint density at radius 1 is 1.41 bits per heavy atom. The van der Waals surface area contributed by atoms with Crippen molar-refractivity contribution in [3.63, 3.8) is 0 Å². The third-order valence-corrected chi connectivity index (χ3v) is 3.75. The Balaban J connectivity index is 2.47. The van der Waals surface area contributed by atoms with Crippen LogP contribution in [0.25, 0.3) is 0 Å². The van der Waals surface area contributed by atoms with E-state index >= 15 is 0 Å². The first kappa shape index (κ1) is 14.9. The maximum atomic E-state index is 5.84. The normalized spacial score (nSPS) is 31.8. The van der Waals surface area contributed by atoms with Gasteiger partial charge in [-0.15, -0.1) is 0 Å². The Hall–Kier alpha value is -0.120. The third-order valence-electron chi connectivity index (χ3n) is 3.75. The lowest BCUT2D eigenvalue weighted by Gasteiger charge is -2.47. The Morgan fingerprint density at radius 2 is 2.06 bits per heavy atom. The first-order valence-corrected chi connectivity index (χ1v) is 6.89. The maximum absolute atomic E-state index is 5.84. The summed E-state index contributed by atoms with van der Waals surface area (Å²) >= 11 is 0. The fourth-order valence-corrected chi connectivity index (χ4v) is 2.29. The van der Waals surface area contributed by atoms with Gasteiger partial charge in [-0.2, -0.15) is 0 Å². The molecule has 1 aliphatic heterocycles. The van der Waals surface area contributed by atoms with Gasteiger partial charge in [-0.1, -0.05) is 6.92 Å². The predicted octanol–water partition coefficient (Wildman–Crippen LogP) is 2.26. The van der Waals surface area contributed by atoms with Gasteiger partial charge < -0.3 is 10.1 Å². The summed E-state index contributed by atoms with van der Waals surface area (Å²) in [4.78, 5) is 2.58. The van der Waals surface area contributed by atoms with Crippen LogP contribution in [0, 0.1) is 0 Å². The van der Waals surface area contributed by atoms with Crippen molar-refractivity contribution in [2.24, 2.45) is 0 Å². The van der Waals surface area contributed by atoms with Crippen molar-refractivity contribution in [3.05, 3.63) is 0 Å². The van der Waals surface area contributed by atoms with E-state index < -0.39 is 0 Å². The molecule has 0 radical (unpaired) electrons. The molecule has 2 atom stereocenters. The Kier molecular flexibility index (Phi) is 4.99. The van der Waals surface area contributed by atoms with Gasteiger partial charge >= 0.3 is 0 Å². The van der Waals surface area contributed by atoms with Gasteiger partial charge in [-0.25, -0.2) is 0 Å². The van der Waals surface area contributed by atoms with Crippen LogP contribution in [0.4, 0.5) is 0 Å². The highest BCUT2D eigenvalue weighted by molar-refractivity contribution is 4.93. The Bertz CT molecular complexity index is 237. The molecule has 1 fully saturated rings. The minimum absolute atomic E-state index is 0.0255. The molecule has 0 aromatic heterocycles. The van der Waals surface area contributed by atoms with Crippen molar-refractivity contribution in [2.75, 3.05) is 26.2 Å². The van der Waals surface area contributed by atoms with E-state index in [9.17, 15) is 0 Å². The maximum Gasteiger partial charge on any atom is 0.0600 e. The summed E-state index contributed by atoms with van der Waals surface area (Å²) in [6.45, 7) is 17.3. The van der Waals surface area contributed by atoms with Gasteiger partial charge in [0.25, 0.3) is 0 Å². The van der Waals surface area contributed by atoms with Gasteiger partial charge in [0, 0.05) is 31.2 Å². The van der Waals surface area contributed by atoms with E-state index in [2.05, 4.69) is 51.8 Å². The number of nitrogens with one attached hydrogen (secondary N) is 1. The molecule has 17 heavy (non-hydrogen) atoms. The summed E-state index contributed by atoms with van der Waals surface area (Å²) in [6.07, 6.45) is 1.18. The molecule has 1 N–H and O–H groups in total. The molecule has 1 rings (SSSR count). The molecule has 0 bridgehead atoms. The van der Waals surface area contributed by atoms with Gasteiger partial charge in [-0.05, 0) is 41.0 Å². The molecular weight excluding hydrogens is 212 g/mol. The van der Waals surface area contributed by atoms with Crippen LogP contribution >= 0.6 is 0 Å². The van der Waals surface area contributed by atoms with Crippen LogP contribution < -0.4 is 5.32 Å². The summed E-state index contributed by atoms with van der Waals surface area (Å²) in [5.74, 6) is 0. The molecule has 102 valence electrons. The molecule has 0 aromatic carbocycles. The molecule has 3 heteroatoms. The smallest absolute Gasteiger partial charge is 0.0600 e. The molecule has 0 amide bonds. The van der Waals surface area contributed by atoms with Crippen LogP contribution in [-0.4, -0.2) is 48.3 Å². The zero-order valence-electron chi connectivity index (χ0n) is 12.5. The first-order valence-electron chi connectivity index (χ1n) is 6.89. The highest BCUT2D eigenvalue weighted by atomic mass is 16.5. The van der Waals surface area contributed by atoms with Crippen molar-refractivity contribution >= 4 is 0 Å². The largest absolute Gasteiger partial charge is 0.375 e. The minimum Gasteiger partial charge on any atom is -0.375 e. The van der Waals surface area contributed by atoms with Gasteiger partial charge in [0.15, 0.2) is 0 Å². The molecule has 1 heterocycles. The van der Waals surface area contributed by atoms with Crippen molar-refractivity contribution in [3.8, 4) is 0 Å². The average molecular weight is 242 g/mol. The average Bonchev–Trinajstić information content (AvgIpc) is 2.22. The number of hydrogen-bond donors (Lipinski definition) is 1. The van der Waals surface area contributed by atoms with Crippen LogP contribution in [0.2, 0.25) is 0 Å².